The summed E-state index contributed by atoms with van der Waals surface area (Å²) in [5, 5.41) is 0. The van der Waals surface area contributed by atoms with Crippen LogP contribution in [-0.2, 0) is 20.9 Å². The number of amides is 2. The minimum absolute atomic E-state index is 0.0165. The summed E-state index contributed by atoms with van der Waals surface area (Å²) in [6.45, 7) is 6.79. The van der Waals surface area contributed by atoms with E-state index in [-0.39, 0.29) is 29.9 Å². The lowest BCUT2D eigenvalue weighted by molar-refractivity contribution is -0.148. The molecule has 1 aromatic heterocycles. The lowest BCUT2D eigenvalue weighted by Gasteiger charge is -2.39. The van der Waals surface area contributed by atoms with E-state index in [2.05, 4.69) is 0 Å². The van der Waals surface area contributed by atoms with Crippen molar-refractivity contribution in [2.24, 2.45) is 5.92 Å². The minimum atomic E-state index is -0.119. The molecule has 0 aliphatic carbocycles. The first kappa shape index (κ1) is 18.9. The fraction of sp³-hybridized carbons (Fsp3) is 0.684. The normalized spacial score (nSPS) is 24.7. The Hall–Kier alpha value is -1.86. The topological polar surface area (TPSA) is 72.2 Å². The van der Waals surface area contributed by atoms with Crippen molar-refractivity contribution < 1.29 is 23.5 Å². The Kier molecular flexibility index (Phi) is 5.98. The number of hydrogen-bond donors (Lipinski definition) is 0. The molecule has 0 aromatic carbocycles. The molecule has 0 saturated carbocycles. The molecule has 7 nitrogen and oxygen atoms in total. The summed E-state index contributed by atoms with van der Waals surface area (Å²) in [7, 11) is 1.59. The number of morpholine rings is 1. The molecule has 144 valence electrons. The van der Waals surface area contributed by atoms with Crippen molar-refractivity contribution in [2.75, 3.05) is 33.3 Å². The number of likely N-dealkylation sites (tertiary alicyclic amines) is 1. The number of piperidine rings is 1. The van der Waals surface area contributed by atoms with Gasteiger partial charge in [0.2, 0.25) is 5.91 Å². The largest absolute Gasteiger partial charge is 0.453 e. The lowest BCUT2D eigenvalue weighted by Crippen LogP contribution is -2.51. The van der Waals surface area contributed by atoms with Gasteiger partial charge in [0.15, 0.2) is 5.76 Å². The maximum absolute atomic E-state index is 12.8. The highest BCUT2D eigenvalue weighted by Gasteiger charge is 2.34. The summed E-state index contributed by atoms with van der Waals surface area (Å²) in [4.78, 5) is 29.1. The van der Waals surface area contributed by atoms with Gasteiger partial charge in [-0.2, -0.15) is 0 Å². The third kappa shape index (κ3) is 4.27. The standard InChI is InChI=1S/C19H28N2O5/c1-13-10-21(11-14(2)25-13)18(22)15-6-8-20(9-7-15)19(23)17-5-4-16(26-17)12-24-3/h4-5,13-15H,6-12H2,1-3H3. The van der Waals surface area contributed by atoms with Gasteiger partial charge in [-0.25, -0.2) is 0 Å². The molecule has 0 spiro atoms. The molecule has 0 N–H and O–H groups in total. The second-order valence-corrected chi connectivity index (χ2v) is 7.27. The van der Waals surface area contributed by atoms with E-state index in [1.807, 2.05) is 18.7 Å². The fourth-order valence-corrected chi connectivity index (χ4v) is 3.81. The van der Waals surface area contributed by atoms with E-state index in [4.69, 9.17) is 13.9 Å². The quantitative estimate of drug-likeness (QED) is 0.816. The third-order valence-corrected chi connectivity index (χ3v) is 5.02. The zero-order valence-corrected chi connectivity index (χ0v) is 15.8. The molecular weight excluding hydrogens is 336 g/mol. The zero-order chi connectivity index (χ0) is 18.7. The summed E-state index contributed by atoms with van der Waals surface area (Å²) < 4.78 is 16.2. The van der Waals surface area contributed by atoms with Gasteiger partial charge in [-0.15, -0.1) is 0 Å². The second-order valence-electron chi connectivity index (χ2n) is 7.27. The Labute approximate surface area is 154 Å². The van der Waals surface area contributed by atoms with Crippen LogP contribution in [0, 0.1) is 5.92 Å². The van der Waals surface area contributed by atoms with Gasteiger partial charge in [0.05, 0.1) is 12.2 Å². The van der Waals surface area contributed by atoms with E-state index in [0.29, 0.717) is 57.1 Å². The highest BCUT2D eigenvalue weighted by molar-refractivity contribution is 5.91. The SMILES string of the molecule is COCc1ccc(C(=O)N2CCC(C(=O)N3CC(C)OC(C)C3)CC2)o1. The van der Waals surface area contributed by atoms with Gasteiger partial charge < -0.3 is 23.7 Å². The van der Waals surface area contributed by atoms with Crippen LogP contribution < -0.4 is 0 Å². The number of carbonyl (C=O) groups is 2. The highest BCUT2D eigenvalue weighted by Crippen LogP contribution is 2.23. The number of hydrogen-bond acceptors (Lipinski definition) is 5. The van der Waals surface area contributed by atoms with Gasteiger partial charge in [-0.1, -0.05) is 0 Å². The zero-order valence-electron chi connectivity index (χ0n) is 15.8. The van der Waals surface area contributed by atoms with Crippen LogP contribution >= 0.6 is 0 Å². The molecule has 1 aromatic rings. The van der Waals surface area contributed by atoms with E-state index in [0.717, 1.165) is 0 Å². The molecule has 0 bridgehead atoms. The maximum atomic E-state index is 12.8. The van der Waals surface area contributed by atoms with Crippen LogP contribution in [0.3, 0.4) is 0 Å². The molecule has 26 heavy (non-hydrogen) atoms. The summed E-state index contributed by atoms with van der Waals surface area (Å²) in [6, 6.07) is 3.44. The molecule has 7 heteroatoms. The molecular formula is C19H28N2O5. The summed E-state index contributed by atoms with van der Waals surface area (Å²) in [6.07, 6.45) is 1.53. The van der Waals surface area contributed by atoms with Gasteiger partial charge in [0.1, 0.15) is 12.4 Å². The van der Waals surface area contributed by atoms with Crippen LogP contribution in [0.5, 0.6) is 0 Å². The molecule has 2 aliphatic rings. The monoisotopic (exact) mass is 364 g/mol. The number of methoxy groups -OCH3 is 1. The second kappa shape index (κ2) is 8.22. The average Bonchev–Trinajstić information content (AvgIpc) is 3.09. The Morgan fingerprint density at radius 3 is 2.38 bits per heavy atom. The van der Waals surface area contributed by atoms with Crippen molar-refractivity contribution in [1.29, 1.82) is 0 Å². The van der Waals surface area contributed by atoms with Gasteiger partial charge in [0.25, 0.3) is 5.91 Å². The Morgan fingerprint density at radius 1 is 1.12 bits per heavy atom. The van der Waals surface area contributed by atoms with E-state index in [9.17, 15) is 9.59 Å². The first-order valence-electron chi connectivity index (χ1n) is 9.29. The summed E-state index contributed by atoms with van der Waals surface area (Å²) in [5.74, 6) is 1.03. The first-order chi connectivity index (χ1) is 12.5. The van der Waals surface area contributed by atoms with Gasteiger partial charge in [0, 0.05) is 39.2 Å². The Balaban J connectivity index is 1.53. The maximum Gasteiger partial charge on any atom is 0.289 e. The summed E-state index contributed by atoms with van der Waals surface area (Å²) >= 11 is 0. The van der Waals surface area contributed by atoms with E-state index < -0.39 is 0 Å². The van der Waals surface area contributed by atoms with Crippen molar-refractivity contribution in [3.8, 4) is 0 Å². The van der Waals surface area contributed by atoms with E-state index in [1.165, 1.54) is 0 Å². The van der Waals surface area contributed by atoms with Gasteiger partial charge in [-0.3, -0.25) is 9.59 Å². The third-order valence-electron chi connectivity index (χ3n) is 5.02. The number of ether oxygens (including phenoxy) is 2. The van der Waals surface area contributed by atoms with Crippen molar-refractivity contribution in [3.05, 3.63) is 23.7 Å². The molecule has 2 fully saturated rings. The predicted molar refractivity (Wildman–Crippen MR) is 94.6 cm³/mol. The van der Waals surface area contributed by atoms with Crippen LogP contribution in [-0.4, -0.2) is 67.1 Å². The fourth-order valence-electron chi connectivity index (χ4n) is 3.81. The van der Waals surface area contributed by atoms with Crippen molar-refractivity contribution in [3.63, 3.8) is 0 Å². The first-order valence-corrected chi connectivity index (χ1v) is 9.29. The number of rotatable bonds is 4. The molecule has 3 heterocycles. The van der Waals surface area contributed by atoms with Gasteiger partial charge in [-0.05, 0) is 38.8 Å². The van der Waals surface area contributed by atoms with Crippen molar-refractivity contribution in [1.82, 2.24) is 9.80 Å². The molecule has 2 saturated heterocycles. The molecule has 2 amide bonds. The molecule has 2 atom stereocenters. The molecule has 2 unspecified atom stereocenters. The smallest absolute Gasteiger partial charge is 0.289 e. The van der Waals surface area contributed by atoms with Crippen LogP contribution in [0.2, 0.25) is 0 Å². The number of nitrogens with zero attached hydrogens (tertiary/aromatic N) is 2. The van der Waals surface area contributed by atoms with E-state index in [1.54, 1.807) is 24.1 Å². The van der Waals surface area contributed by atoms with Crippen molar-refractivity contribution in [2.45, 2.75) is 45.5 Å². The van der Waals surface area contributed by atoms with E-state index >= 15 is 0 Å². The molecule has 0 radical (unpaired) electrons. The predicted octanol–water partition coefficient (Wildman–Crippen LogP) is 1.91. The molecule has 3 rings (SSSR count). The molecule has 2 aliphatic heterocycles. The van der Waals surface area contributed by atoms with Crippen LogP contribution in [0.1, 0.15) is 43.0 Å². The van der Waals surface area contributed by atoms with Crippen LogP contribution in [0.4, 0.5) is 0 Å². The van der Waals surface area contributed by atoms with Crippen LogP contribution in [0.15, 0.2) is 16.5 Å². The lowest BCUT2D eigenvalue weighted by atomic mass is 9.94. The Bertz CT molecular complexity index is 626. The van der Waals surface area contributed by atoms with Crippen LogP contribution in [0.25, 0.3) is 0 Å². The Morgan fingerprint density at radius 2 is 1.77 bits per heavy atom. The minimum Gasteiger partial charge on any atom is -0.453 e. The average molecular weight is 364 g/mol. The highest BCUT2D eigenvalue weighted by atomic mass is 16.5. The number of furan rings is 1. The number of carbonyl (C=O) groups excluding carboxylic acids is 2. The van der Waals surface area contributed by atoms with Gasteiger partial charge >= 0.3 is 0 Å². The summed E-state index contributed by atoms with van der Waals surface area (Å²) in [5.41, 5.74) is 0. The van der Waals surface area contributed by atoms with Crippen molar-refractivity contribution >= 4 is 11.8 Å².